The lowest BCUT2D eigenvalue weighted by Gasteiger charge is -2.11. The van der Waals surface area contributed by atoms with Gasteiger partial charge >= 0.3 is 5.97 Å². The first-order valence-electron chi connectivity index (χ1n) is 6.35. The van der Waals surface area contributed by atoms with Crippen LogP contribution in [0, 0.1) is 0 Å². The first-order chi connectivity index (χ1) is 9.19. The molecular formula is C13H18N2O4. The minimum Gasteiger partial charge on any atom is -0.468 e. The van der Waals surface area contributed by atoms with Crippen LogP contribution in [-0.4, -0.2) is 43.5 Å². The lowest BCUT2D eigenvalue weighted by Crippen LogP contribution is -2.29. The van der Waals surface area contributed by atoms with Crippen molar-refractivity contribution in [2.45, 2.75) is 19.4 Å². The molecule has 0 bridgehead atoms. The van der Waals surface area contributed by atoms with Gasteiger partial charge in [-0.25, -0.2) is 0 Å². The number of methoxy groups -OCH3 is 1. The molecule has 0 atom stereocenters. The van der Waals surface area contributed by atoms with Gasteiger partial charge < -0.3 is 14.5 Å². The van der Waals surface area contributed by atoms with Crippen LogP contribution in [0.5, 0.6) is 0 Å². The maximum Gasteiger partial charge on any atom is 0.325 e. The van der Waals surface area contributed by atoms with Crippen molar-refractivity contribution in [3.8, 4) is 0 Å². The summed E-state index contributed by atoms with van der Waals surface area (Å²) in [6, 6.07) is 3.42. The van der Waals surface area contributed by atoms with Crippen molar-refractivity contribution in [3.05, 3.63) is 23.7 Å². The lowest BCUT2D eigenvalue weighted by atomic mass is 10.4. The molecule has 1 aliphatic rings. The van der Waals surface area contributed by atoms with E-state index in [-0.39, 0.29) is 12.3 Å². The van der Waals surface area contributed by atoms with Gasteiger partial charge in [-0.1, -0.05) is 0 Å². The molecule has 6 heteroatoms. The Kier molecular flexibility index (Phi) is 4.57. The molecule has 0 aliphatic carbocycles. The second-order valence-electron chi connectivity index (χ2n) is 4.51. The molecule has 1 aromatic rings. The highest BCUT2D eigenvalue weighted by atomic mass is 16.5. The van der Waals surface area contributed by atoms with Crippen molar-refractivity contribution in [2.24, 2.45) is 0 Å². The van der Waals surface area contributed by atoms with Gasteiger partial charge in [0.2, 0.25) is 0 Å². The van der Waals surface area contributed by atoms with E-state index >= 15 is 0 Å². The summed E-state index contributed by atoms with van der Waals surface area (Å²) < 4.78 is 9.91. The molecule has 19 heavy (non-hydrogen) atoms. The predicted molar refractivity (Wildman–Crippen MR) is 67.6 cm³/mol. The first-order valence-corrected chi connectivity index (χ1v) is 6.35. The van der Waals surface area contributed by atoms with Crippen molar-refractivity contribution < 1.29 is 18.7 Å². The molecule has 1 N–H and O–H groups in total. The van der Waals surface area contributed by atoms with Gasteiger partial charge in [0.25, 0.3) is 5.91 Å². The average Bonchev–Trinajstić information content (AvgIpc) is 3.07. The fraction of sp³-hybridized carbons (Fsp3) is 0.538. The number of carbonyl (C=O) groups excluding carboxylic acids is 2. The van der Waals surface area contributed by atoms with E-state index in [2.05, 4.69) is 15.0 Å². The molecule has 0 saturated carbocycles. The van der Waals surface area contributed by atoms with Crippen molar-refractivity contribution in [2.75, 3.05) is 26.7 Å². The van der Waals surface area contributed by atoms with Gasteiger partial charge in [0.15, 0.2) is 5.76 Å². The SMILES string of the molecule is COC(=O)CNC(=O)c1ccc(CN2CCCC2)o1. The van der Waals surface area contributed by atoms with Gasteiger partial charge in [-0.3, -0.25) is 14.5 Å². The van der Waals surface area contributed by atoms with E-state index in [0.717, 1.165) is 25.4 Å². The Balaban J connectivity index is 1.85. The van der Waals surface area contributed by atoms with Gasteiger partial charge in [0.1, 0.15) is 12.3 Å². The highest BCUT2D eigenvalue weighted by molar-refractivity contribution is 5.93. The summed E-state index contributed by atoms with van der Waals surface area (Å²) in [7, 11) is 1.27. The van der Waals surface area contributed by atoms with Crippen LogP contribution in [-0.2, 0) is 16.1 Å². The molecule has 0 unspecified atom stereocenters. The van der Waals surface area contributed by atoms with E-state index < -0.39 is 11.9 Å². The standard InChI is InChI=1S/C13H18N2O4/c1-18-12(16)8-14-13(17)11-5-4-10(19-11)9-15-6-2-3-7-15/h4-5H,2-3,6-9H2,1H3,(H,14,17). The maximum absolute atomic E-state index is 11.7. The van der Waals surface area contributed by atoms with E-state index in [9.17, 15) is 9.59 Å². The highest BCUT2D eigenvalue weighted by Gasteiger charge is 2.16. The molecule has 0 aromatic carbocycles. The van der Waals surface area contributed by atoms with E-state index in [1.54, 1.807) is 12.1 Å². The summed E-state index contributed by atoms with van der Waals surface area (Å²) >= 11 is 0. The highest BCUT2D eigenvalue weighted by Crippen LogP contribution is 2.15. The van der Waals surface area contributed by atoms with Crippen LogP contribution in [0.25, 0.3) is 0 Å². The number of amides is 1. The third-order valence-corrected chi connectivity index (χ3v) is 3.08. The van der Waals surface area contributed by atoms with Crippen molar-refractivity contribution >= 4 is 11.9 Å². The molecule has 104 valence electrons. The molecule has 1 aliphatic heterocycles. The smallest absolute Gasteiger partial charge is 0.325 e. The monoisotopic (exact) mass is 266 g/mol. The molecule has 1 aromatic heterocycles. The number of nitrogens with one attached hydrogen (secondary N) is 1. The minimum atomic E-state index is -0.489. The summed E-state index contributed by atoms with van der Waals surface area (Å²) in [4.78, 5) is 24.9. The van der Waals surface area contributed by atoms with Crippen LogP contribution >= 0.6 is 0 Å². The third kappa shape index (κ3) is 3.82. The van der Waals surface area contributed by atoms with Crippen LogP contribution < -0.4 is 5.32 Å². The lowest BCUT2D eigenvalue weighted by molar-refractivity contribution is -0.139. The Hall–Kier alpha value is -1.82. The maximum atomic E-state index is 11.7. The number of furan rings is 1. The van der Waals surface area contributed by atoms with Gasteiger partial charge in [-0.2, -0.15) is 0 Å². The summed E-state index contributed by atoms with van der Waals surface area (Å²) in [5.41, 5.74) is 0. The Bertz CT molecular complexity index is 449. The third-order valence-electron chi connectivity index (χ3n) is 3.08. The number of ether oxygens (including phenoxy) is 1. The van der Waals surface area contributed by atoms with Crippen LogP contribution in [0.2, 0.25) is 0 Å². The van der Waals surface area contributed by atoms with Crippen LogP contribution in [0.1, 0.15) is 29.2 Å². The molecular weight excluding hydrogens is 248 g/mol. The Labute approximate surface area is 111 Å². The Morgan fingerprint density at radius 3 is 2.79 bits per heavy atom. The van der Waals surface area contributed by atoms with E-state index in [1.807, 2.05) is 0 Å². The quantitative estimate of drug-likeness (QED) is 0.797. The Morgan fingerprint density at radius 2 is 2.11 bits per heavy atom. The van der Waals surface area contributed by atoms with Gasteiger partial charge in [0, 0.05) is 0 Å². The van der Waals surface area contributed by atoms with Gasteiger partial charge in [0.05, 0.1) is 13.7 Å². The number of esters is 1. The number of rotatable bonds is 5. The number of carbonyl (C=O) groups is 2. The topological polar surface area (TPSA) is 71.8 Å². The van der Waals surface area contributed by atoms with Crippen LogP contribution in [0.4, 0.5) is 0 Å². The number of nitrogens with zero attached hydrogens (tertiary/aromatic N) is 1. The molecule has 0 radical (unpaired) electrons. The first kappa shape index (κ1) is 13.6. The minimum absolute atomic E-state index is 0.155. The van der Waals surface area contributed by atoms with Crippen molar-refractivity contribution in [1.29, 1.82) is 0 Å². The average molecular weight is 266 g/mol. The van der Waals surface area contributed by atoms with E-state index in [4.69, 9.17) is 4.42 Å². The molecule has 0 spiro atoms. The molecule has 2 rings (SSSR count). The van der Waals surface area contributed by atoms with E-state index in [1.165, 1.54) is 20.0 Å². The van der Waals surface area contributed by atoms with Gasteiger partial charge in [-0.05, 0) is 38.1 Å². The predicted octanol–water partition coefficient (Wildman–Crippen LogP) is 0.778. The Morgan fingerprint density at radius 1 is 1.37 bits per heavy atom. The van der Waals surface area contributed by atoms with Crippen molar-refractivity contribution in [3.63, 3.8) is 0 Å². The van der Waals surface area contributed by atoms with Crippen molar-refractivity contribution in [1.82, 2.24) is 10.2 Å². The summed E-state index contributed by atoms with van der Waals surface area (Å²) in [5.74, 6) is 0.0958. The molecule has 1 amide bonds. The molecule has 2 heterocycles. The second kappa shape index (κ2) is 6.38. The largest absolute Gasteiger partial charge is 0.468 e. The number of likely N-dealkylation sites (tertiary alicyclic amines) is 1. The molecule has 1 saturated heterocycles. The summed E-state index contributed by atoms with van der Waals surface area (Å²) in [6.07, 6.45) is 2.43. The molecule has 6 nitrogen and oxygen atoms in total. The van der Waals surface area contributed by atoms with E-state index in [0.29, 0.717) is 0 Å². The fourth-order valence-electron chi connectivity index (χ4n) is 2.06. The zero-order valence-corrected chi connectivity index (χ0v) is 11.0. The second-order valence-corrected chi connectivity index (χ2v) is 4.51. The zero-order valence-electron chi connectivity index (χ0n) is 11.0. The zero-order chi connectivity index (χ0) is 13.7. The number of hydrogen-bond donors (Lipinski definition) is 1. The fourth-order valence-corrected chi connectivity index (χ4v) is 2.06. The van der Waals surface area contributed by atoms with Gasteiger partial charge in [-0.15, -0.1) is 0 Å². The number of hydrogen-bond acceptors (Lipinski definition) is 5. The van der Waals surface area contributed by atoms with Crippen LogP contribution in [0.3, 0.4) is 0 Å². The normalized spacial score (nSPS) is 15.4. The van der Waals surface area contributed by atoms with Crippen LogP contribution in [0.15, 0.2) is 16.5 Å². The summed E-state index contributed by atoms with van der Waals surface area (Å²) in [6.45, 7) is 2.72. The summed E-state index contributed by atoms with van der Waals surface area (Å²) in [5, 5.41) is 2.44. The molecule has 1 fully saturated rings.